The molecule has 1 N–H and O–H groups in total. The average molecular weight is 540 g/mol. The number of phenolic OH excluding ortho intramolecular Hbond substituents is 1. The van der Waals surface area contributed by atoms with Crippen molar-refractivity contribution in [2.45, 2.75) is 32.2 Å². The van der Waals surface area contributed by atoms with Gasteiger partial charge in [0, 0.05) is 40.3 Å². The number of methoxy groups -OCH3 is 2. The summed E-state index contributed by atoms with van der Waals surface area (Å²) in [6, 6.07) is 12.3. The van der Waals surface area contributed by atoms with E-state index in [0.717, 1.165) is 11.1 Å². The van der Waals surface area contributed by atoms with E-state index in [1.165, 1.54) is 37.3 Å². The van der Waals surface area contributed by atoms with Crippen LogP contribution in [-0.4, -0.2) is 47.6 Å². The Morgan fingerprint density at radius 2 is 1.62 bits per heavy atom. The number of fused-ring (bicyclic) bond motifs is 3. The molecule has 1 aliphatic heterocycles. The van der Waals surface area contributed by atoms with Crippen molar-refractivity contribution in [1.82, 2.24) is 4.90 Å². The maximum atomic E-state index is 13.9. The van der Waals surface area contributed by atoms with E-state index in [1.807, 2.05) is 36.4 Å². The summed E-state index contributed by atoms with van der Waals surface area (Å²) in [5.74, 6) is -2.89. The van der Waals surface area contributed by atoms with Gasteiger partial charge in [0.25, 0.3) is 0 Å². The minimum Gasteiger partial charge on any atom is -0.508 e. The lowest BCUT2D eigenvalue weighted by molar-refractivity contribution is -0.140. The highest BCUT2D eigenvalue weighted by atomic mass is 16.5. The number of phenols is 1. The van der Waals surface area contributed by atoms with Crippen LogP contribution in [0, 0.1) is 17.8 Å². The fraction of sp³-hybridized carbons (Fsp3) is 0.312. The molecule has 4 atom stereocenters. The van der Waals surface area contributed by atoms with Crippen LogP contribution in [0.2, 0.25) is 0 Å². The molecule has 3 aliphatic carbocycles. The number of likely N-dealkylation sites (tertiary alicyclic amines) is 1. The van der Waals surface area contributed by atoms with Crippen LogP contribution in [0.25, 0.3) is 0 Å². The average Bonchev–Trinajstić information content (AvgIpc) is 3.19. The molecule has 8 nitrogen and oxygen atoms in total. The van der Waals surface area contributed by atoms with Gasteiger partial charge < -0.3 is 14.6 Å². The lowest BCUT2D eigenvalue weighted by atomic mass is 9.59. The van der Waals surface area contributed by atoms with Crippen LogP contribution in [0.1, 0.15) is 36.8 Å². The Balaban J connectivity index is 1.50. The van der Waals surface area contributed by atoms with Gasteiger partial charge in [-0.25, -0.2) is 0 Å². The highest BCUT2D eigenvalue weighted by Gasteiger charge is 2.56. The Labute approximate surface area is 231 Å². The number of allylic oxidation sites excluding steroid dienone is 6. The number of ether oxygens (including phenoxy) is 2. The first-order valence-corrected chi connectivity index (χ1v) is 13.3. The maximum absolute atomic E-state index is 13.9. The van der Waals surface area contributed by atoms with Crippen LogP contribution in [0.15, 0.2) is 76.9 Å². The molecule has 8 heteroatoms. The van der Waals surface area contributed by atoms with E-state index in [0.29, 0.717) is 40.2 Å². The Kier molecular flexibility index (Phi) is 6.21. The van der Waals surface area contributed by atoms with Crippen molar-refractivity contribution in [2.24, 2.45) is 17.8 Å². The SMILES string of the molecule is COc1cc(O)cc(OC)c1C1C2=CCC3C(=O)N(Cc4ccccc4)C(=O)C3C2CC2=C1C(=O)C=C(C)C2=O. The highest BCUT2D eigenvalue weighted by molar-refractivity contribution is 6.23. The molecule has 6 rings (SSSR count). The maximum Gasteiger partial charge on any atom is 0.234 e. The molecule has 4 unspecified atom stereocenters. The van der Waals surface area contributed by atoms with E-state index in [4.69, 9.17) is 9.47 Å². The van der Waals surface area contributed by atoms with Gasteiger partial charge in [0.2, 0.25) is 11.8 Å². The van der Waals surface area contributed by atoms with Gasteiger partial charge in [0.05, 0.1) is 32.6 Å². The van der Waals surface area contributed by atoms with Crippen LogP contribution >= 0.6 is 0 Å². The van der Waals surface area contributed by atoms with Crippen LogP contribution < -0.4 is 9.47 Å². The molecule has 2 aromatic rings. The van der Waals surface area contributed by atoms with Crippen molar-refractivity contribution in [3.8, 4) is 17.2 Å². The number of hydrogen-bond donors (Lipinski definition) is 1. The lowest BCUT2D eigenvalue weighted by Gasteiger charge is -2.42. The number of carbonyl (C=O) groups is 4. The Morgan fingerprint density at radius 3 is 2.27 bits per heavy atom. The van der Waals surface area contributed by atoms with Crippen molar-refractivity contribution < 1.29 is 33.8 Å². The van der Waals surface area contributed by atoms with Crippen molar-refractivity contribution in [2.75, 3.05) is 14.2 Å². The van der Waals surface area contributed by atoms with Crippen LogP contribution in [0.3, 0.4) is 0 Å². The van der Waals surface area contributed by atoms with Gasteiger partial charge in [-0.3, -0.25) is 24.1 Å². The second-order valence-corrected chi connectivity index (χ2v) is 10.7. The van der Waals surface area contributed by atoms with Crippen molar-refractivity contribution in [3.63, 3.8) is 0 Å². The molecule has 0 spiro atoms. The standard InChI is InChI=1S/C32H29NO7/c1-16-11-23(35)27-22(30(16)36)14-21-19(28(27)29-24(39-2)12-18(34)13-25(29)40-3)9-10-20-26(21)32(38)33(31(20)37)15-17-7-5-4-6-8-17/h4-9,11-13,20-21,26,28,34H,10,14-15H2,1-3H3. The highest BCUT2D eigenvalue weighted by Crippen LogP contribution is 2.58. The normalized spacial score (nSPS) is 25.7. The molecular formula is C32H29NO7. The number of aromatic hydroxyl groups is 1. The second-order valence-electron chi connectivity index (χ2n) is 10.7. The molecule has 2 aromatic carbocycles. The van der Waals surface area contributed by atoms with Crippen molar-refractivity contribution in [1.29, 1.82) is 0 Å². The van der Waals surface area contributed by atoms with E-state index in [2.05, 4.69) is 0 Å². The molecule has 0 bridgehead atoms. The van der Waals surface area contributed by atoms with Gasteiger partial charge in [-0.1, -0.05) is 42.0 Å². The lowest BCUT2D eigenvalue weighted by Crippen LogP contribution is -2.40. The molecule has 0 aromatic heterocycles. The summed E-state index contributed by atoms with van der Waals surface area (Å²) in [5, 5.41) is 10.3. The zero-order valence-electron chi connectivity index (χ0n) is 22.5. The molecular weight excluding hydrogens is 510 g/mol. The largest absolute Gasteiger partial charge is 0.508 e. The first-order valence-electron chi connectivity index (χ1n) is 13.3. The predicted molar refractivity (Wildman–Crippen MR) is 145 cm³/mol. The molecule has 1 saturated heterocycles. The van der Waals surface area contributed by atoms with Gasteiger partial charge in [0.1, 0.15) is 17.2 Å². The summed E-state index contributed by atoms with van der Waals surface area (Å²) >= 11 is 0. The van der Waals surface area contributed by atoms with E-state index >= 15 is 0 Å². The summed E-state index contributed by atoms with van der Waals surface area (Å²) in [7, 11) is 2.91. The van der Waals surface area contributed by atoms with E-state index in [1.54, 1.807) is 6.92 Å². The van der Waals surface area contributed by atoms with E-state index in [-0.39, 0.29) is 42.1 Å². The number of hydrogen-bond acceptors (Lipinski definition) is 7. The van der Waals surface area contributed by atoms with Gasteiger partial charge in [-0.15, -0.1) is 0 Å². The molecule has 1 fully saturated rings. The van der Waals surface area contributed by atoms with Gasteiger partial charge >= 0.3 is 0 Å². The first-order chi connectivity index (χ1) is 19.2. The number of amides is 2. The number of imide groups is 1. The summed E-state index contributed by atoms with van der Waals surface area (Å²) in [6.45, 7) is 1.80. The third-order valence-electron chi connectivity index (χ3n) is 8.65. The monoisotopic (exact) mass is 539 g/mol. The molecule has 0 saturated carbocycles. The number of benzene rings is 2. The number of carbonyl (C=O) groups excluding carboxylic acids is 4. The summed E-state index contributed by atoms with van der Waals surface area (Å²) in [4.78, 5) is 55.8. The van der Waals surface area contributed by atoms with Crippen molar-refractivity contribution >= 4 is 23.4 Å². The zero-order valence-corrected chi connectivity index (χ0v) is 22.5. The quantitative estimate of drug-likeness (QED) is 0.347. The molecule has 0 radical (unpaired) electrons. The minimum atomic E-state index is -0.743. The summed E-state index contributed by atoms with van der Waals surface area (Å²) in [6.07, 6.45) is 3.83. The van der Waals surface area contributed by atoms with Crippen LogP contribution in [0.5, 0.6) is 17.2 Å². The van der Waals surface area contributed by atoms with Crippen LogP contribution in [0.4, 0.5) is 0 Å². The van der Waals surface area contributed by atoms with Gasteiger partial charge in [-0.05, 0) is 37.3 Å². The topological polar surface area (TPSA) is 110 Å². The predicted octanol–water partition coefficient (Wildman–Crippen LogP) is 4.04. The molecule has 4 aliphatic rings. The molecule has 204 valence electrons. The zero-order chi connectivity index (χ0) is 28.3. The fourth-order valence-electron chi connectivity index (χ4n) is 6.91. The van der Waals surface area contributed by atoms with E-state index in [9.17, 15) is 24.3 Å². The molecule has 40 heavy (non-hydrogen) atoms. The third-order valence-corrected chi connectivity index (χ3v) is 8.65. The van der Waals surface area contributed by atoms with E-state index < -0.39 is 23.7 Å². The Bertz CT molecular complexity index is 1540. The minimum absolute atomic E-state index is 0.0772. The number of Topliss-reactive ketones (excluding diaryl/α,β-unsaturated/α-hetero) is 1. The smallest absolute Gasteiger partial charge is 0.234 e. The number of nitrogens with zero attached hydrogens (tertiary/aromatic N) is 1. The summed E-state index contributed by atoms with van der Waals surface area (Å²) < 4.78 is 11.3. The Hall–Kier alpha value is -4.46. The molecule has 2 amide bonds. The number of rotatable bonds is 5. The third kappa shape index (κ3) is 3.81. The second kappa shape index (κ2) is 9.62. The van der Waals surface area contributed by atoms with Gasteiger partial charge in [-0.2, -0.15) is 0 Å². The first kappa shape index (κ1) is 25.8. The fourth-order valence-corrected chi connectivity index (χ4v) is 6.91. The number of ketones is 2. The van der Waals surface area contributed by atoms with Crippen molar-refractivity contribution in [3.05, 3.63) is 88.0 Å². The molecule has 1 heterocycles. The van der Waals surface area contributed by atoms with Gasteiger partial charge in [0.15, 0.2) is 11.6 Å². The summed E-state index contributed by atoms with van der Waals surface area (Å²) in [5.41, 5.74) is 3.17. The Morgan fingerprint density at radius 1 is 0.950 bits per heavy atom. The van der Waals surface area contributed by atoms with Crippen LogP contribution in [-0.2, 0) is 25.7 Å².